The maximum atomic E-state index is 12.3. The molecule has 0 bridgehead atoms. The molecule has 0 saturated heterocycles. The van der Waals surface area contributed by atoms with E-state index in [4.69, 9.17) is 17.3 Å². The van der Waals surface area contributed by atoms with E-state index in [2.05, 4.69) is 4.98 Å². The van der Waals surface area contributed by atoms with Crippen molar-refractivity contribution in [2.24, 2.45) is 5.73 Å². The molecule has 0 unspecified atom stereocenters. The number of halogens is 2. The molecule has 0 aliphatic heterocycles. The van der Waals surface area contributed by atoms with Crippen LogP contribution in [0, 0.1) is 0 Å². The summed E-state index contributed by atoms with van der Waals surface area (Å²) in [6, 6.07) is 0. The first kappa shape index (κ1) is 10.9. The number of imidazole rings is 1. The van der Waals surface area contributed by atoms with Crippen LogP contribution in [0.5, 0.6) is 0 Å². The van der Waals surface area contributed by atoms with Crippen molar-refractivity contribution in [1.29, 1.82) is 0 Å². The zero-order chi connectivity index (χ0) is 10.9. The first-order valence-electron chi connectivity index (χ1n) is 5.19. The van der Waals surface area contributed by atoms with Crippen molar-refractivity contribution in [3.05, 3.63) is 17.2 Å². The van der Waals surface area contributed by atoms with Crippen molar-refractivity contribution >= 4 is 11.6 Å². The summed E-state index contributed by atoms with van der Waals surface area (Å²) in [4.78, 5) is 4.17. The molecule has 0 spiro atoms. The fourth-order valence-electron chi connectivity index (χ4n) is 1.68. The molecule has 5 heteroatoms. The highest BCUT2D eigenvalue weighted by Gasteiger charge is 2.37. The molecule has 0 atom stereocenters. The van der Waals surface area contributed by atoms with Crippen LogP contribution in [0.15, 0.2) is 6.20 Å². The highest BCUT2D eigenvalue weighted by Crippen LogP contribution is 2.36. The fourth-order valence-corrected chi connectivity index (χ4v) is 1.91. The van der Waals surface area contributed by atoms with Crippen molar-refractivity contribution in [2.45, 2.75) is 37.8 Å². The minimum atomic E-state index is -0.420. The molecule has 1 saturated carbocycles. The van der Waals surface area contributed by atoms with Gasteiger partial charge in [-0.1, -0.05) is 11.6 Å². The number of hydrogen-bond donors (Lipinski definition) is 1. The average Bonchev–Trinajstić information content (AvgIpc) is 2.84. The van der Waals surface area contributed by atoms with Gasteiger partial charge >= 0.3 is 0 Å². The van der Waals surface area contributed by atoms with Gasteiger partial charge in [0.2, 0.25) is 0 Å². The van der Waals surface area contributed by atoms with Crippen LogP contribution in [-0.2, 0) is 13.0 Å². The van der Waals surface area contributed by atoms with Gasteiger partial charge in [-0.25, -0.2) is 9.37 Å². The molecule has 1 fully saturated rings. The molecule has 15 heavy (non-hydrogen) atoms. The molecule has 2 N–H and O–H groups in total. The Hall–Kier alpha value is -0.610. The van der Waals surface area contributed by atoms with Gasteiger partial charge in [-0.15, -0.1) is 0 Å². The average molecular weight is 232 g/mol. The Labute approximate surface area is 93.4 Å². The number of hydrogen-bond acceptors (Lipinski definition) is 2. The molecule has 1 aromatic heterocycles. The summed E-state index contributed by atoms with van der Waals surface area (Å²) in [5, 5.41) is 0.504. The minimum absolute atomic E-state index is 0.0129. The zero-order valence-corrected chi connectivity index (χ0v) is 9.30. The van der Waals surface area contributed by atoms with Crippen molar-refractivity contribution in [3.8, 4) is 0 Å². The lowest BCUT2D eigenvalue weighted by Gasteiger charge is -2.09. The molecule has 1 heterocycles. The first-order chi connectivity index (χ1) is 7.14. The Morgan fingerprint density at radius 3 is 2.93 bits per heavy atom. The third kappa shape index (κ3) is 2.49. The summed E-state index contributed by atoms with van der Waals surface area (Å²) in [5.41, 5.74) is 5.99. The zero-order valence-electron chi connectivity index (χ0n) is 8.55. The summed E-state index contributed by atoms with van der Waals surface area (Å²) in [6.07, 6.45) is 5.44. The van der Waals surface area contributed by atoms with Gasteiger partial charge in [-0.3, -0.25) is 0 Å². The van der Waals surface area contributed by atoms with Crippen molar-refractivity contribution in [3.63, 3.8) is 0 Å². The number of aryl methyl sites for hydroxylation is 1. The van der Waals surface area contributed by atoms with Gasteiger partial charge in [0.25, 0.3) is 0 Å². The lowest BCUT2D eigenvalue weighted by Crippen LogP contribution is -2.23. The molecule has 84 valence electrons. The minimum Gasteiger partial charge on any atom is -0.325 e. The summed E-state index contributed by atoms with van der Waals surface area (Å²) in [6.45, 7) is -0.136. The van der Waals surface area contributed by atoms with E-state index in [1.54, 1.807) is 10.8 Å². The van der Waals surface area contributed by atoms with Crippen LogP contribution in [-0.4, -0.2) is 21.8 Å². The SMILES string of the molecule is NC1(CCc2ncc(Cl)n2CCF)CC1. The van der Waals surface area contributed by atoms with Crippen LogP contribution in [0.3, 0.4) is 0 Å². The van der Waals surface area contributed by atoms with Gasteiger partial charge in [-0.2, -0.15) is 0 Å². The van der Waals surface area contributed by atoms with Crippen molar-refractivity contribution in [1.82, 2.24) is 9.55 Å². The Morgan fingerprint density at radius 2 is 2.33 bits per heavy atom. The Bertz CT molecular complexity index is 346. The second-order valence-corrected chi connectivity index (χ2v) is 4.59. The van der Waals surface area contributed by atoms with E-state index in [1.807, 2.05) is 0 Å². The molecule has 0 amide bonds. The first-order valence-corrected chi connectivity index (χ1v) is 5.57. The number of rotatable bonds is 5. The van der Waals surface area contributed by atoms with Crippen LogP contribution in [0.2, 0.25) is 5.15 Å². The van der Waals surface area contributed by atoms with E-state index >= 15 is 0 Å². The third-order valence-electron chi connectivity index (χ3n) is 2.94. The third-order valence-corrected chi connectivity index (χ3v) is 3.24. The molecular formula is C10H15ClFN3. The molecule has 2 rings (SSSR count). The van der Waals surface area contributed by atoms with Gasteiger partial charge in [0.15, 0.2) is 0 Å². The molecule has 1 aliphatic rings. The predicted molar refractivity (Wildman–Crippen MR) is 57.7 cm³/mol. The lowest BCUT2D eigenvalue weighted by molar-refractivity contribution is 0.436. The smallest absolute Gasteiger partial charge is 0.128 e. The van der Waals surface area contributed by atoms with E-state index in [1.165, 1.54) is 0 Å². The maximum Gasteiger partial charge on any atom is 0.128 e. The van der Waals surface area contributed by atoms with Crippen LogP contribution in [0.25, 0.3) is 0 Å². The Kier molecular flexibility index (Phi) is 2.98. The number of alkyl halides is 1. The standard InChI is InChI=1S/C10H15ClFN3/c11-8-7-14-9(15(8)6-5-12)1-2-10(13)3-4-10/h7H,1-6,13H2. The van der Waals surface area contributed by atoms with E-state index in [-0.39, 0.29) is 12.1 Å². The number of aromatic nitrogens is 2. The summed E-state index contributed by atoms with van der Waals surface area (Å²) < 4.78 is 14.0. The van der Waals surface area contributed by atoms with E-state index in [9.17, 15) is 4.39 Å². The predicted octanol–water partition coefficient (Wildman–Crippen LogP) is 1.93. The van der Waals surface area contributed by atoms with Crippen LogP contribution < -0.4 is 5.73 Å². The summed E-state index contributed by atoms with van der Waals surface area (Å²) in [5.74, 6) is 0.842. The van der Waals surface area contributed by atoms with Crippen molar-refractivity contribution in [2.75, 3.05) is 6.67 Å². The van der Waals surface area contributed by atoms with Gasteiger partial charge in [0.05, 0.1) is 12.7 Å². The van der Waals surface area contributed by atoms with Gasteiger partial charge < -0.3 is 10.3 Å². The van der Waals surface area contributed by atoms with Crippen LogP contribution in [0.1, 0.15) is 25.1 Å². The summed E-state index contributed by atoms with van der Waals surface area (Å²) in [7, 11) is 0. The van der Waals surface area contributed by atoms with E-state index in [0.717, 1.165) is 31.5 Å². The largest absolute Gasteiger partial charge is 0.325 e. The molecule has 1 aliphatic carbocycles. The van der Waals surface area contributed by atoms with Crippen LogP contribution in [0.4, 0.5) is 4.39 Å². The lowest BCUT2D eigenvalue weighted by atomic mass is 10.1. The summed E-state index contributed by atoms with van der Waals surface area (Å²) >= 11 is 5.89. The fraction of sp³-hybridized carbons (Fsp3) is 0.700. The molecule has 3 nitrogen and oxygen atoms in total. The van der Waals surface area contributed by atoms with E-state index in [0.29, 0.717) is 5.15 Å². The number of nitrogens with two attached hydrogens (primary N) is 1. The van der Waals surface area contributed by atoms with Crippen molar-refractivity contribution < 1.29 is 4.39 Å². The Balaban J connectivity index is 2.00. The van der Waals surface area contributed by atoms with E-state index < -0.39 is 6.67 Å². The van der Waals surface area contributed by atoms with Gasteiger partial charge in [-0.05, 0) is 19.3 Å². The number of nitrogens with zero attached hydrogens (tertiary/aromatic N) is 2. The van der Waals surface area contributed by atoms with Crippen LogP contribution >= 0.6 is 11.6 Å². The van der Waals surface area contributed by atoms with Gasteiger partial charge in [0, 0.05) is 12.0 Å². The quantitative estimate of drug-likeness (QED) is 0.842. The Morgan fingerprint density at radius 1 is 1.60 bits per heavy atom. The molecule has 0 aromatic carbocycles. The monoisotopic (exact) mass is 231 g/mol. The maximum absolute atomic E-state index is 12.3. The van der Waals surface area contributed by atoms with Gasteiger partial charge in [0.1, 0.15) is 17.7 Å². The molecule has 0 radical (unpaired) electrons. The topological polar surface area (TPSA) is 43.8 Å². The second-order valence-electron chi connectivity index (χ2n) is 4.20. The molecule has 1 aromatic rings. The second kappa shape index (κ2) is 4.10. The normalized spacial score (nSPS) is 18.1. The highest BCUT2D eigenvalue weighted by molar-refractivity contribution is 6.29. The molecular weight excluding hydrogens is 217 g/mol. The highest BCUT2D eigenvalue weighted by atomic mass is 35.5.